The number of para-hydroxylation sites is 1. The van der Waals surface area contributed by atoms with E-state index in [-0.39, 0.29) is 24.5 Å². The Morgan fingerprint density at radius 3 is 2.30 bits per heavy atom. The molecule has 0 radical (unpaired) electrons. The van der Waals surface area contributed by atoms with Crippen molar-refractivity contribution in [2.45, 2.75) is 26.8 Å². The van der Waals surface area contributed by atoms with Crippen molar-refractivity contribution < 1.29 is 19.1 Å². The molecule has 144 valence electrons. The van der Waals surface area contributed by atoms with Gasteiger partial charge in [0.1, 0.15) is 11.5 Å². The summed E-state index contributed by atoms with van der Waals surface area (Å²) >= 11 is 0. The monoisotopic (exact) mass is 370 g/mol. The van der Waals surface area contributed by atoms with E-state index in [2.05, 4.69) is 10.6 Å². The number of ether oxygens (including phenoxy) is 2. The summed E-state index contributed by atoms with van der Waals surface area (Å²) in [6.07, 6.45) is 0. The van der Waals surface area contributed by atoms with Gasteiger partial charge < -0.3 is 20.1 Å². The number of benzene rings is 2. The van der Waals surface area contributed by atoms with Crippen LogP contribution < -0.4 is 20.1 Å². The van der Waals surface area contributed by atoms with Gasteiger partial charge in [0.2, 0.25) is 0 Å². The first-order valence-corrected chi connectivity index (χ1v) is 8.87. The number of carbonyl (C=O) groups is 2. The molecular weight excluding hydrogens is 344 g/mol. The van der Waals surface area contributed by atoms with E-state index >= 15 is 0 Å². The van der Waals surface area contributed by atoms with E-state index in [1.54, 1.807) is 48.5 Å². The van der Waals surface area contributed by atoms with Crippen LogP contribution in [-0.4, -0.2) is 31.6 Å². The number of anilines is 1. The fourth-order valence-electron chi connectivity index (χ4n) is 2.28. The molecule has 0 spiro atoms. The van der Waals surface area contributed by atoms with Crippen molar-refractivity contribution >= 4 is 17.5 Å². The highest BCUT2D eigenvalue weighted by Gasteiger charge is 2.13. The van der Waals surface area contributed by atoms with Crippen molar-refractivity contribution in [2.75, 3.05) is 19.0 Å². The summed E-state index contributed by atoms with van der Waals surface area (Å²) in [5, 5.41) is 5.69. The predicted octanol–water partition coefficient (Wildman–Crippen LogP) is 3.49. The first-order valence-electron chi connectivity index (χ1n) is 8.87. The molecule has 6 heteroatoms. The third kappa shape index (κ3) is 6.02. The minimum atomic E-state index is -0.261. The van der Waals surface area contributed by atoms with Crippen molar-refractivity contribution in [2.24, 2.45) is 5.92 Å². The lowest BCUT2D eigenvalue weighted by atomic mass is 10.1. The van der Waals surface area contributed by atoms with Gasteiger partial charge in [-0.25, -0.2) is 0 Å². The molecule has 0 aliphatic heterocycles. The van der Waals surface area contributed by atoms with Crippen molar-refractivity contribution in [3.63, 3.8) is 0 Å². The lowest BCUT2D eigenvalue weighted by molar-refractivity contribution is -0.124. The molecule has 0 fully saturated rings. The number of hydrogen-bond donors (Lipinski definition) is 2. The van der Waals surface area contributed by atoms with Gasteiger partial charge in [-0.1, -0.05) is 26.0 Å². The summed E-state index contributed by atoms with van der Waals surface area (Å²) in [7, 11) is 1.52. The van der Waals surface area contributed by atoms with Gasteiger partial charge >= 0.3 is 0 Å². The maximum Gasteiger partial charge on any atom is 0.259 e. The van der Waals surface area contributed by atoms with Crippen molar-refractivity contribution in [1.82, 2.24) is 5.32 Å². The molecular formula is C21H26N2O4. The van der Waals surface area contributed by atoms with Gasteiger partial charge in [-0.3, -0.25) is 9.59 Å². The van der Waals surface area contributed by atoms with E-state index in [0.717, 1.165) is 0 Å². The Balaban J connectivity index is 1.89. The average Bonchev–Trinajstić information content (AvgIpc) is 2.67. The largest absolute Gasteiger partial charge is 0.496 e. The Bertz CT molecular complexity index is 772. The van der Waals surface area contributed by atoms with Crippen LogP contribution in [0, 0.1) is 5.92 Å². The van der Waals surface area contributed by atoms with E-state index in [1.165, 1.54) is 7.11 Å². The third-order valence-corrected chi connectivity index (χ3v) is 4.22. The molecule has 0 bridgehead atoms. The number of amides is 2. The van der Waals surface area contributed by atoms with E-state index in [9.17, 15) is 9.59 Å². The molecule has 0 aromatic heterocycles. The molecule has 0 aliphatic carbocycles. The standard InChI is InChI=1S/C21H26N2O4/c1-14(2)15(3)22-20(24)13-27-17-11-9-16(10-12-17)23-21(25)18-7-5-6-8-19(18)26-4/h5-12,14-15H,13H2,1-4H3,(H,22,24)(H,23,25)/t15-/m1/s1. The number of carbonyl (C=O) groups excluding carboxylic acids is 2. The van der Waals surface area contributed by atoms with Crippen LogP contribution in [0.3, 0.4) is 0 Å². The minimum Gasteiger partial charge on any atom is -0.496 e. The molecule has 0 heterocycles. The fourth-order valence-corrected chi connectivity index (χ4v) is 2.28. The summed E-state index contributed by atoms with van der Waals surface area (Å²) < 4.78 is 10.7. The Hall–Kier alpha value is -3.02. The van der Waals surface area contributed by atoms with E-state index < -0.39 is 0 Å². The SMILES string of the molecule is COc1ccccc1C(=O)Nc1ccc(OCC(=O)N[C@H](C)C(C)C)cc1. The maximum atomic E-state index is 12.4. The topological polar surface area (TPSA) is 76.7 Å². The zero-order valence-corrected chi connectivity index (χ0v) is 16.1. The van der Waals surface area contributed by atoms with E-state index in [4.69, 9.17) is 9.47 Å². The van der Waals surface area contributed by atoms with Crippen LogP contribution >= 0.6 is 0 Å². The summed E-state index contributed by atoms with van der Waals surface area (Å²) in [5.41, 5.74) is 1.08. The summed E-state index contributed by atoms with van der Waals surface area (Å²) in [6, 6.07) is 14.0. The molecule has 0 unspecified atom stereocenters. The number of nitrogens with one attached hydrogen (secondary N) is 2. The molecule has 0 saturated heterocycles. The number of methoxy groups -OCH3 is 1. The number of hydrogen-bond acceptors (Lipinski definition) is 4. The molecule has 2 N–H and O–H groups in total. The Morgan fingerprint density at radius 1 is 1.00 bits per heavy atom. The molecule has 0 aliphatic rings. The van der Waals surface area contributed by atoms with Crippen LogP contribution in [-0.2, 0) is 4.79 Å². The van der Waals surface area contributed by atoms with Crippen molar-refractivity contribution in [3.05, 3.63) is 54.1 Å². The zero-order chi connectivity index (χ0) is 19.8. The quantitative estimate of drug-likeness (QED) is 0.746. The van der Waals surface area contributed by atoms with Gasteiger partial charge in [-0.2, -0.15) is 0 Å². The molecule has 2 rings (SSSR count). The second kappa shape index (κ2) is 9.62. The smallest absolute Gasteiger partial charge is 0.259 e. The maximum absolute atomic E-state index is 12.4. The van der Waals surface area contributed by atoms with Gasteiger partial charge in [0, 0.05) is 11.7 Å². The summed E-state index contributed by atoms with van der Waals surface area (Å²) in [5.74, 6) is 1.00. The Morgan fingerprint density at radius 2 is 1.67 bits per heavy atom. The van der Waals surface area contributed by atoms with Crippen LogP contribution in [0.15, 0.2) is 48.5 Å². The van der Waals surface area contributed by atoms with Crippen LogP contribution in [0.1, 0.15) is 31.1 Å². The van der Waals surface area contributed by atoms with Gasteiger partial charge in [-0.05, 0) is 49.2 Å². The van der Waals surface area contributed by atoms with Crippen molar-refractivity contribution in [1.29, 1.82) is 0 Å². The normalized spacial score (nSPS) is 11.6. The molecule has 2 aromatic carbocycles. The molecule has 1 atom stereocenters. The fraction of sp³-hybridized carbons (Fsp3) is 0.333. The van der Waals surface area contributed by atoms with E-state index in [0.29, 0.717) is 28.7 Å². The predicted molar refractivity (Wildman–Crippen MR) is 105 cm³/mol. The Kier molecular flexibility index (Phi) is 7.23. The van der Waals surface area contributed by atoms with Crippen LogP contribution in [0.5, 0.6) is 11.5 Å². The summed E-state index contributed by atoms with van der Waals surface area (Å²) in [6.45, 7) is 6.00. The molecule has 27 heavy (non-hydrogen) atoms. The molecule has 6 nitrogen and oxygen atoms in total. The first kappa shape index (κ1) is 20.3. The first-order chi connectivity index (χ1) is 12.9. The van der Waals surface area contributed by atoms with Crippen LogP contribution in [0.4, 0.5) is 5.69 Å². The third-order valence-electron chi connectivity index (χ3n) is 4.22. The van der Waals surface area contributed by atoms with Gasteiger partial charge in [0.05, 0.1) is 12.7 Å². The highest BCUT2D eigenvalue weighted by atomic mass is 16.5. The highest BCUT2D eigenvalue weighted by molar-refractivity contribution is 6.06. The summed E-state index contributed by atoms with van der Waals surface area (Å²) in [4.78, 5) is 24.2. The lowest BCUT2D eigenvalue weighted by Crippen LogP contribution is -2.38. The molecule has 2 aromatic rings. The zero-order valence-electron chi connectivity index (χ0n) is 16.1. The van der Waals surface area contributed by atoms with Crippen LogP contribution in [0.2, 0.25) is 0 Å². The van der Waals surface area contributed by atoms with Gasteiger partial charge in [0.25, 0.3) is 11.8 Å². The van der Waals surface area contributed by atoms with Crippen LogP contribution in [0.25, 0.3) is 0 Å². The molecule has 2 amide bonds. The van der Waals surface area contributed by atoms with Crippen molar-refractivity contribution in [3.8, 4) is 11.5 Å². The van der Waals surface area contributed by atoms with Gasteiger partial charge in [0.15, 0.2) is 6.61 Å². The second-order valence-electron chi connectivity index (χ2n) is 6.57. The average molecular weight is 370 g/mol. The number of rotatable bonds is 8. The lowest BCUT2D eigenvalue weighted by Gasteiger charge is -2.17. The second-order valence-corrected chi connectivity index (χ2v) is 6.57. The highest BCUT2D eigenvalue weighted by Crippen LogP contribution is 2.20. The minimum absolute atomic E-state index is 0.0516. The Labute approximate surface area is 159 Å². The van der Waals surface area contributed by atoms with E-state index in [1.807, 2.05) is 20.8 Å². The van der Waals surface area contributed by atoms with Gasteiger partial charge in [-0.15, -0.1) is 0 Å². The molecule has 0 saturated carbocycles.